The van der Waals surface area contributed by atoms with E-state index in [1.807, 2.05) is 0 Å². The van der Waals surface area contributed by atoms with Gasteiger partial charge in [-0.15, -0.1) is 0 Å². The fraction of sp³-hybridized carbons (Fsp3) is 0.800. The van der Waals surface area contributed by atoms with Gasteiger partial charge in [-0.2, -0.15) is 0 Å². The van der Waals surface area contributed by atoms with Crippen molar-refractivity contribution < 1.29 is 31.6 Å². The summed E-state index contributed by atoms with van der Waals surface area (Å²) in [6, 6.07) is 0. The molecule has 0 bridgehead atoms. The van der Waals surface area contributed by atoms with Crippen LogP contribution >= 0.6 is 36.7 Å². The van der Waals surface area contributed by atoms with E-state index in [2.05, 4.69) is 95.3 Å². The second-order valence-corrected chi connectivity index (χ2v) is 7.36. The Morgan fingerprint density at radius 1 is 0.600 bits per heavy atom. The molecule has 0 aromatic carbocycles. The van der Waals surface area contributed by atoms with Crippen LogP contribution in [-0.4, -0.2) is 33.0 Å². The summed E-state index contributed by atoms with van der Waals surface area (Å²) in [5.41, 5.74) is 0. The van der Waals surface area contributed by atoms with Crippen molar-refractivity contribution in [3.63, 3.8) is 0 Å². The van der Waals surface area contributed by atoms with E-state index in [0.29, 0.717) is 19.8 Å². The molecule has 147 valence electrons. The van der Waals surface area contributed by atoms with Crippen molar-refractivity contribution in [3.05, 3.63) is 0 Å². The molecule has 0 saturated heterocycles. The Labute approximate surface area is 197 Å². The Bertz CT molecular complexity index is 272. The van der Waals surface area contributed by atoms with Crippen LogP contribution in [0.15, 0.2) is 0 Å². The van der Waals surface area contributed by atoms with Gasteiger partial charge in [0.1, 0.15) is 0 Å². The quantitative estimate of drug-likeness (QED) is 0.249. The van der Waals surface area contributed by atoms with E-state index in [4.69, 9.17) is 14.2 Å². The summed E-state index contributed by atoms with van der Waals surface area (Å²) < 4.78 is 15.2. The van der Waals surface area contributed by atoms with E-state index in [9.17, 15) is 0 Å². The second kappa shape index (κ2) is 29.6. The summed E-state index contributed by atoms with van der Waals surface area (Å²) in [5.74, 6) is 0. The summed E-state index contributed by atoms with van der Waals surface area (Å²) in [6.45, 7) is 8.32. The molecule has 0 aliphatic heterocycles. The van der Waals surface area contributed by atoms with Crippen LogP contribution in [0.1, 0.15) is 59.3 Å². The van der Waals surface area contributed by atoms with Gasteiger partial charge in [0.25, 0.3) is 0 Å². The number of thiocarbonyl (C=S) groups is 3. The van der Waals surface area contributed by atoms with Crippen molar-refractivity contribution in [2.45, 2.75) is 59.3 Å². The van der Waals surface area contributed by atoms with E-state index in [1.54, 1.807) is 0 Å². The molecule has 0 aromatic heterocycles. The van der Waals surface area contributed by atoms with E-state index >= 15 is 0 Å². The molecule has 25 heavy (non-hydrogen) atoms. The summed E-state index contributed by atoms with van der Waals surface area (Å²) in [5, 5.41) is 0. The van der Waals surface area contributed by atoms with Gasteiger partial charge in [-0.25, -0.2) is 0 Å². The van der Waals surface area contributed by atoms with Gasteiger partial charge in [0.05, 0.1) is 19.8 Å². The Morgan fingerprint density at radius 3 is 0.920 bits per heavy atom. The van der Waals surface area contributed by atoms with Crippen LogP contribution < -0.4 is 0 Å². The second-order valence-electron chi connectivity index (χ2n) is 4.36. The number of hydrogen-bond donors (Lipinski definition) is 0. The Kier molecular flexibility index (Phi) is 39.6. The largest absolute Gasteiger partial charge is 3.00 e. The fourth-order valence-corrected chi connectivity index (χ4v) is 1.40. The molecule has 0 rings (SSSR count). The molecular formula is C15H27CrO3S6. The SMILES string of the molecule is CCCCOC(=S)[S-].CCCCOC(=S)[S-].CCCCOC(=S)[S-].[Cr+3]. The molecule has 0 heterocycles. The summed E-state index contributed by atoms with van der Waals surface area (Å²) >= 11 is 27.0. The van der Waals surface area contributed by atoms with Crippen molar-refractivity contribution >= 4 is 87.7 Å². The minimum Gasteiger partial charge on any atom is -0.514 e. The number of unbranched alkanes of at least 4 members (excludes halogenated alkanes) is 3. The Balaban J connectivity index is -0.000000130. The Morgan fingerprint density at radius 2 is 0.800 bits per heavy atom. The first-order valence-electron chi connectivity index (χ1n) is 7.82. The normalized spacial score (nSPS) is 8.28. The molecule has 10 heteroatoms. The predicted octanol–water partition coefficient (Wildman–Crippen LogP) is 4.90. The van der Waals surface area contributed by atoms with Gasteiger partial charge >= 0.3 is 17.4 Å². The topological polar surface area (TPSA) is 27.7 Å². The zero-order valence-electron chi connectivity index (χ0n) is 14.9. The van der Waals surface area contributed by atoms with Crippen molar-refractivity contribution in [1.82, 2.24) is 0 Å². The first-order chi connectivity index (χ1) is 11.3. The van der Waals surface area contributed by atoms with E-state index < -0.39 is 0 Å². The van der Waals surface area contributed by atoms with E-state index in [1.165, 1.54) is 0 Å². The van der Waals surface area contributed by atoms with Crippen molar-refractivity contribution in [1.29, 1.82) is 0 Å². The van der Waals surface area contributed by atoms with Crippen LogP contribution in [0.3, 0.4) is 0 Å². The standard InChI is InChI=1S/3C5H10OS2.Cr/c3*1-2-3-4-6-5(7)8;/h3*2-4H2,1H3,(H,7,8);/q;;;+3/p-3. The number of rotatable bonds is 9. The molecule has 0 aromatic rings. The van der Waals surface area contributed by atoms with Gasteiger partial charge in [-0.3, -0.25) is 0 Å². The van der Waals surface area contributed by atoms with Crippen LogP contribution in [0, 0.1) is 0 Å². The monoisotopic (exact) mass is 499 g/mol. The van der Waals surface area contributed by atoms with Crippen LogP contribution in [0.4, 0.5) is 0 Å². The molecule has 0 saturated carbocycles. The van der Waals surface area contributed by atoms with Gasteiger partial charge in [-0.05, 0) is 19.3 Å². The van der Waals surface area contributed by atoms with Crippen LogP contribution in [0.5, 0.6) is 0 Å². The zero-order valence-corrected chi connectivity index (χ0v) is 21.1. The van der Waals surface area contributed by atoms with Gasteiger partial charge in [-0.1, -0.05) is 40.0 Å². The minimum atomic E-state index is 0. The number of hydrogen-bond acceptors (Lipinski definition) is 9. The van der Waals surface area contributed by atoms with Gasteiger partial charge in [0.15, 0.2) is 0 Å². The maximum atomic E-state index is 4.83. The third-order valence-corrected chi connectivity index (χ3v) is 2.86. The molecule has 3 nitrogen and oxygen atoms in total. The van der Waals surface area contributed by atoms with Crippen LogP contribution in [-0.2, 0) is 69.5 Å². The molecular weight excluding hydrogens is 473 g/mol. The minimum absolute atomic E-state index is 0. The molecule has 0 aliphatic rings. The van der Waals surface area contributed by atoms with Crippen LogP contribution in [0.25, 0.3) is 0 Å². The van der Waals surface area contributed by atoms with Crippen molar-refractivity contribution in [2.75, 3.05) is 19.8 Å². The predicted molar refractivity (Wildman–Crippen MR) is 122 cm³/mol. The van der Waals surface area contributed by atoms with E-state index in [-0.39, 0.29) is 30.5 Å². The molecule has 0 aliphatic carbocycles. The smallest absolute Gasteiger partial charge is 0.514 e. The third kappa shape index (κ3) is 51.6. The van der Waals surface area contributed by atoms with Gasteiger partial charge in [0, 0.05) is 13.1 Å². The maximum absolute atomic E-state index is 4.83. The molecule has 1 radical (unpaired) electrons. The molecule has 0 fully saturated rings. The molecule has 0 atom stereocenters. The molecule has 0 amide bonds. The summed E-state index contributed by atoms with van der Waals surface area (Å²) in [4.78, 5) is 0. The average Bonchev–Trinajstić information content (AvgIpc) is 2.48. The van der Waals surface area contributed by atoms with Crippen molar-refractivity contribution in [3.8, 4) is 0 Å². The fourth-order valence-electron chi connectivity index (χ4n) is 0.900. The van der Waals surface area contributed by atoms with Crippen molar-refractivity contribution in [2.24, 2.45) is 0 Å². The average molecular weight is 500 g/mol. The maximum Gasteiger partial charge on any atom is 3.00 e. The summed E-state index contributed by atoms with van der Waals surface area (Å²) in [7, 11) is 0. The van der Waals surface area contributed by atoms with Gasteiger partial charge < -0.3 is 88.8 Å². The third-order valence-electron chi connectivity index (χ3n) is 2.15. The molecule has 0 N–H and O–H groups in total. The van der Waals surface area contributed by atoms with Crippen LogP contribution in [0.2, 0.25) is 0 Å². The van der Waals surface area contributed by atoms with E-state index in [0.717, 1.165) is 38.5 Å². The Hall–Kier alpha value is 0.862. The molecule has 0 spiro atoms. The van der Waals surface area contributed by atoms with Gasteiger partial charge in [0.2, 0.25) is 0 Å². The summed E-state index contributed by atoms with van der Waals surface area (Å²) in [6.07, 6.45) is 6.48. The number of ether oxygens (including phenoxy) is 3. The first kappa shape index (κ1) is 33.4. The zero-order chi connectivity index (χ0) is 19.2. The molecule has 0 unspecified atom stereocenters. The first-order valence-corrected chi connectivity index (χ1v) is 10.3.